The van der Waals surface area contributed by atoms with Crippen molar-refractivity contribution in [1.82, 2.24) is 15.5 Å². The monoisotopic (exact) mass is 377 g/mol. The van der Waals surface area contributed by atoms with E-state index in [2.05, 4.69) is 15.5 Å². The summed E-state index contributed by atoms with van der Waals surface area (Å²) >= 11 is 0. The molecule has 0 radical (unpaired) electrons. The zero-order chi connectivity index (χ0) is 20.0. The minimum Gasteiger partial charge on any atom is -0.454 e. The Balaban J connectivity index is 1.97. The number of hydrogen-bond donors (Lipinski definition) is 1. The first-order valence-electron chi connectivity index (χ1n) is 8.81. The van der Waals surface area contributed by atoms with Gasteiger partial charge in [0.2, 0.25) is 0 Å². The van der Waals surface area contributed by atoms with Crippen molar-refractivity contribution in [1.29, 1.82) is 0 Å². The molecule has 146 valence electrons. The summed E-state index contributed by atoms with van der Waals surface area (Å²) in [5, 5.41) is 6.34. The van der Waals surface area contributed by atoms with Crippen molar-refractivity contribution in [3.8, 4) is 0 Å². The molecule has 1 atom stereocenters. The largest absolute Gasteiger partial charge is 0.454 e. The van der Waals surface area contributed by atoms with Crippen molar-refractivity contribution in [2.24, 2.45) is 11.8 Å². The molecule has 2 rings (SSSR count). The van der Waals surface area contributed by atoms with Gasteiger partial charge >= 0.3 is 5.97 Å². The van der Waals surface area contributed by atoms with E-state index in [9.17, 15) is 14.0 Å². The topological polar surface area (TPSA) is 94.3 Å². The fraction of sp³-hybridized carbons (Fsp3) is 0.474. The number of nitrogens with zero attached hydrogens (tertiary/aromatic N) is 2. The van der Waals surface area contributed by atoms with Crippen LogP contribution in [0.15, 0.2) is 28.8 Å². The lowest BCUT2D eigenvalue weighted by atomic mass is 10.0. The van der Waals surface area contributed by atoms with E-state index in [4.69, 9.17) is 9.26 Å². The van der Waals surface area contributed by atoms with Crippen molar-refractivity contribution in [2.75, 3.05) is 0 Å². The van der Waals surface area contributed by atoms with Gasteiger partial charge in [0.15, 0.2) is 12.4 Å². The molecule has 7 nitrogen and oxygen atoms in total. The SMILES string of the molecule is CC(C)Cc1noc(COC(=O)[C@@H](NC(=O)c2ccccc2F)C(C)C)n1. The number of aromatic nitrogens is 2. The van der Waals surface area contributed by atoms with Crippen LogP contribution in [0.1, 0.15) is 49.8 Å². The Kier molecular flexibility index (Phi) is 7.04. The predicted octanol–water partition coefficient (Wildman–Crippen LogP) is 2.91. The summed E-state index contributed by atoms with van der Waals surface area (Å²) in [6.07, 6.45) is 0.658. The fourth-order valence-corrected chi connectivity index (χ4v) is 2.38. The van der Waals surface area contributed by atoms with Crippen LogP contribution in [0.25, 0.3) is 0 Å². The highest BCUT2D eigenvalue weighted by Crippen LogP contribution is 2.11. The summed E-state index contributed by atoms with van der Waals surface area (Å²) in [6, 6.07) is 4.63. The second-order valence-corrected chi connectivity index (χ2v) is 6.99. The van der Waals surface area contributed by atoms with E-state index in [1.165, 1.54) is 18.2 Å². The number of hydrogen-bond acceptors (Lipinski definition) is 6. The molecule has 0 aliphatic rings. The Bertz CT molecular complexity index is 789. The van der Waals surface area contributed by atoms with E-state index in [1.54, 1.807) is 19.9 Å². The number of carbonyl (C=O) groups is 2. The normalized spacial score (nSPS) is 12.3. The molecular formula is C19H24FN3O4. The lowest BCUT2D eigenvalue weighted by Crippen LogP contribution is -2.45. The number of rotatable bonds is 8. The zero-order valence-electron chi connectivity index (χ0n) is 15.9. The van der Waals surface area contributed by atoms with Crippen LogP contribution in [0.4, 0.5) is 4.39 Å². The summed E-state index contributed by atoms with van der Waals surface area (Å²) < 4.78 is 24.0. The highest BCUT2D eigenvalue weighted by atomic mass is 19.1. The number of nitrogens with one attached hydrogen (secondary N) is 1. The summed E-state index contributed by atoms with van der Waals surface area (Å²) in [6.45, 7) is 7.37. The number of benzene rings is 1. The van der Waals surface area contributed by atoms with Crippen LogP contribution in [0.3, 0.4) is 0 Å². The Hall–Kier alpha value is -2.77. The third kappa shape index (κ3) is 5.87. The first-order chi connectivity index (χ1) is 12.8. The van der Waals surface area contributed by atoms with Gasteiger partial charge in [-0.25, -0.2) is 9.18 Å². The number of ether oxygens (including phenoxy) is 1. The second kappa shape index (κ2) is 9.25. The van der Waals surface area contributed by atoms with E-state index in [-0.39, 0.29) is 24.0 Å². The quantitative estimate of drug-likeness (QED) is 0.711. The lowest BCUT2D eigenvalue weighted by Gasteiger charge is -2.20. The molecule has 1 heterocycles. The van der Waals surface area contributed by atoms with Crippen molar-refractivity contribution in [2.45, 2.75) is 46.8 Å². The van der Waals surface area contributed by atoms with E-state index < -0.39 is 23.7 Å². The average Bonchev–Trinajstić information content (AvgIpc) is 3.04. The molecule has 0 saturated carbocycles. The maximum Gasteiger partial charge on any atom is 0.329 e. The molecule has 0 unspecified atom stereocenters. The van der Waals surface area contributed by atoms with Gasteiger partial charge in [0.1, 0.15) is 11.9 Å². The van der Waals surface area contributed by atoms with Crippen LogP contribution in [0.5, 0.6) is 0 Å². The molecule has 27 heavy (non-hydrogen) atoms. The van der Waals surface area contributed by atoms with Gasteiger partial charge in [0.05, 0.1) is 5.56 Å². The third-order valence-electron chi connectivity index (χ3n) is 3.76. The lowest BCUT2D eigenvalue weighted by molar-refractivity contribution is -0.149. The van der Waals surface area contributed by atoms with Crippen molar-refractivity contribution in [3.63, 3.8) is 0 Å². The summed E-state index contributed by atoms with van der Waals surface area (Å²) in [5.41, 5.74) is -0.133. The van der Waals surface area contributed by atoms with E-state index >= 15 is 0 Å². The van der Waals surface area contributed by atoms with Crippen LogP contribution in [-0.2, 0) is 22.6 Å². The second-order valence-electron chi connectivity index (χ2n) is 6.99. The van der Waals surface area contributed by atoms with Gasteiger partial charge < -0.3 is 14.6 Å². The minimum absolute atomic E-state index is 0.133. The van der Waals surface area contributed by atoms with Gasteiger partial charge in [-0.3, -0.25) is 4.79 Å². The van der Waals surface area contributed by atoms with Crippen LogP contribution in [-0.4, -0.2) is 28.1 Å². The molecule has 1 aromatic heterocycles. The molecule has 0 spiro atoms. The van der Waals surface area contributed by atoms with Crippen molar-refractivity contribution < 1.29 is 23.2 Å². The summed E-state index contributed by atoms with van der Waals surface area (Å²) in [7, 11) is 0. The fourth-order valence-electron chi connectivity index (χ4n) is 2.38. The van der Waals surface area contributed by atoms with E-state index in [1.807, 2.05) is 13.8 Å². The molecule has 0 saturated heterocycles. The highest BCUT2D eigenvalue weighted by Gasteiger charge is 2.27. The Labute approximate surface area is 157 Å². The predicted molar refractivity (Wildman–Crippen MR) is 95.1 cm³/mol. The van der Waals surface area contributed by atoms with Crippen molar-refractivity contribution in [3.05, 3.63) is 47.4 Å². The number of halogens is 1. The molecular weight excluding hydrogens is 353 g/mol. The summed E-state index contributed by atoms with van der Waals surface area (Å²) in [4.78, 5) is 28.8. The number of amides is 1. The maximum absolute atomic E-state index is 13.8. The van der Waals surface area contributed by atoms with E-state index in [0.29, 0.717) is 18.2 Å². The van der Waals surface area contributed by atoms with Gasteiger partial charge in [-0.15, -0.1) is 0 Å². The van der Waals surface area contributed by atoms with Gasteiger partial charge in [0.25, 0.3) is 11.8 Å². The first-order valence-corrected chi connectivity index (χ1v) is 8.81. The zero-order valence-corrected chi connectivity index (χ0v) is 15.9. The van der Waals surface area contributed by atoms with Crippen LogP contribution in [0.2, 0.25) is 0 Å². The Morgan fingerprint density at radius 2 is 1.93 bits per heavy atom. The van der Waals surface area contributed by atoms with E-state index in [0.717, 1.165) is 0 Å². The number of carbonyl (C=O) groups excluding carboxylic acids is 2. The molecule has 0 fully saturated rings. The molecule has 1 amide bonds. The standard InChI is InChI=1S/C19H24FN3O4/c1-11(2)9-15-21-16(27-23-15)10-26-19(25)17(12(3)4)22-18(24)13-7-5-6-8-14(13)20/h5-8,11-12,17H,9-10H2,1-4H3,(H,22,24)/t17-/m0/s1. The van der Waals surface area contributed by atoms with Crippen LogP contribution in [0, 0.1) is 17.7 Å². The van der Waals surface area contributed by atoms with Gasteiger partial charge in [0, 0.05) is 6.42 Å². The Morgan fingerprint density at radius 3 is 2.56 bits per heavy atom. The maximum atomic E-state index is 13.8. The molecule has 0 aliphatic carbocycles. The van der Waals surface area contributed by atoms with Gasteiger partial charge in [-0.05, 0) is 24.0 Å². The van der Waals surface area contributed by atoms with Crippen molar-refractivity contribution >= 4 is 11.9 Å². The average molecular weight is 377 g/mol. The molecule has 0 aliphatic heterocycles. The molecule has 1 N–H and O–H groups in total. The molecule has 1 aromatic carbocycles. The Morgan fingerprint density at radius 1 is 1.22 bits per heavy atom. The molecule has 8 heteroatoms. The first kappa shape index (κ1) is 20.5. The van der Waals surface area contributed by atoms with Crippen LogP contribution < -0.4 is 5.32 Å². The highest BCUT2D eigenvalue weighted by molar-refractivity contribution is 5.97. The summed E-state index contributed by atoms with van der Waals surface area (Å²) in [5.74, 6) is -1.15. The molecule has 2 aromatic rings. The van der Waals surface area contributed by atoms with Crippen LogP contribution >= 0.6 is 0 Å². The number of esters is 1. The molecule has 0 bridgehead atoms. The smallest absolute Gasteiger partial charge is 0.329 e. The van der Waals surface area contributed by atoms with Gasteiger partial charge in [-0.2, -0.15) is 4.98 Å². The van der Waals surface area contributed by atoms with Gasteiger partial charge in [-0.1, -0.05) is 45.0 Å². The minimum atomic E-state index is -0.935. The third-order valence-corrected chi connectivity index (χ3v) is 3.76.